The quantitative estimate of drug-likeness (QED) is 0.523. The van der Waals surface area contributed by atoms with Crippen molar-refractivity contribution >= 4 is 30.5 Å². The van der Waals surface area contributed by atoms with Gasteiger partial charge in [0.2, 0.25) is 0 Å². The van der Waals surface area contributed by atoms with Gasteiger partial charge in [-0.1, -0.05) is 11.1 Å². The van der Waals surface area contributed by atoms with E-state index in [4.69, 9.17) is 0 Å². The molecule has 1 aromatic rings. The van der Waals surface area contributed by atoms with E-state index in [-0.39, 0.29) is 0 Å². The number of hydrogen-bond acceptors (Lipinski definition) is 4. The highest BCUT2D eigenvalue weighted by Crippen LogP contribution is 1.70. The Morgan fingerprint density at radius 1 is 1.70 bits per heavy atom. The van der Waals surface area contributed by atoms with Crippen LogP contribution in [0.25, 0.3) is 12.8 Å². The van der Waals surface area contributed by atoms with E-state index in [0.29, 0.717) is 5.35 Å². The second kappa shape index (κ2) is 3.22. The zero-order valence-corrected chi connectivity index (χ0v) is 6.43. The highest BCUT2D eigenvalue weighted by molar-refractivity contribution is 7.03. The van der Waals surface area contributed by atoms with Crippen LogP contribution in [0.5, 0.6) is 0 Å². The second-order valence-electron chi connectivity index (χ2n) is 1.62. The van der Waals surface area contributed by atoms with Crippen LogP contribution in [-0.4, -0.2) is 15.8 Å². The molecule has 0 saturated heterocycles. The van der Waals surface area contributed by atoms with Gasteiger partial charge in [-0.05, 0) is 18.5 Å². The first kappa shape index (κ1) is 7.08. The lowest BCUT2D eigenvalue weighted by atomic mass is 10.6. The minimum Gasteiger partial charge on any atom is -0.268 e. The van der Waals surface area contributed by atoms with Crippen molar-refractivity contribution in [1.29, 1.82) is 0 Å². The van der Waals surface area contributed by atoms with Crippen molar-refractivity contribution in [1.82, 2.24) is 9.59 Å². The molecule has 0 unspecified atom stereocenters. The smallest absolute Gasteiger partial charge is 0.0999 e. The Hall–Kier alpha value is -1.03. The molecule has 0 aromatic carbocycles. The Balaban J connectivity index is 3.16. The number of nitrogens with zero attached hydrogens (tertiary/aromatic N) is 3. The van der Waals surface area contributed by atoms with E-state index in [1.165, 1.54) is 11.5 Å². The number of rotatable bonds is 1. The van der Waals surface area contributed by atoms with Crippen molar-refractivity contribution in [2.24, 2.45) is 4.99 Å². The van der Waals surface area contributed by atoms with Gasteiger partial charge < -0.3 is 0 Å². The van der Waals surface area contributed by atoms with Crippen LogP contribution in [0, 0.1) is 0 Å². The Bertz CT molecular complexity index is 325. The predicted octanol–water partition coefficient (Wildman–Crippen LogP) is -0.223. The Kier molecular flexibility index (Phi) is 2.28. The highest BCUT2D eigenvalue weighted by Gasteiger charge is 1.82. The second-order valence-corrected chi connectivity index (χ2v) is 2.41. The van der Waals surface area contributed by atoms with Crippen LogP contribution in [0.15, 0.2) is 4.99 Å². The molecule has 0 atom stereocenters. The van der Waals surface area contributed by atoms with Gasteiger partial charge in [-0.15, -0.1) is 5.10 Å². The number of aliphatic imine (C=N–C) groups is 1. The Morgan fingerprint density at radius 2 is 2.50 bits per heavy atom. The summed E-state index contributed by atoms with van der Waals surface area (Å²) in [5.41, 5.74) is 0. The van der Waals surface area contributed by atoms with Crippen molar-refractivity contribution in [3.8, 4) is 0 Å². The summed E-state index contributed by atoms with van der Waals surface area (Å²) in [7, 11) is 0. The van der Waals surface area contributed by atoms with Crippen LogP contribution in [0.2, 0.25) is 0 Å². The molecule has 10 heavy (non-hydrogen) atoms. The van der Waals surface area contributed by atoms with E-state index in [1.807, 2.05) is 6.92 Å². The SMILES string of the molecule is C=c1nns/c1=C/N=CC. The summed E-state index contributed by atoms with van der Waals surface area (Å²) >= 11 is 1.30. The van der Waals surface area contributed by atoms with Crippen LogP contribution in [-0.2, 0) is 0 Å². The third-order valence-corrected chi connectivity index (χ3v) is 1.63. The van der Waals surface area contributed by atoms with E-state index >= 15 is 0 Å². The first-order chi connectivity index (χ1) is 4.84. The van der Waals surface area contributed by atoms with E-state index in [9.17, 15) is 0 Å². The molecule has 3 nitrogen and oxygen atoms in total. The minimum atomic E-state index is 0.690. The molecule has 0 aliphatic heterocycles. The van der Waals surface area contributed by atoms with Crippen molar-refractivity contribution < 1.29 is 0 Å². The third kappa shape index (κ3) is 1.48. The minimum absolute atomic E-state index is 0.690. The fraction of sp³-hybridized carbons (Fsp3) is 0.167. The first-order valence-electron chi connectivity index (χ1n) is 2.80. The molecule has 1 aromatic heterocycles. The average molecular weight is 153 g/mol. The van der Waals surface area contributed by atoms with Gasteiger partial charge in [-0.3, -0.25) is 4.99 Å². The third-order valence-electron chi connectivity index (χ3n) is 0.926. The molecule has 0 fully saturated rings. The van der Waals surface area contributed by atoms with Gasteiger partial charge in [-0.25, -0.2) is 0 Å². The summed E-state index contributed by atoms with van der Waals surface area (Å²) in [6.45, 7) is 5.52. The van der Waals surface area contributed by atoms with E-state index in [1.54, 1.807) is 12.4 Å². The van der Waals surface area contributed by atoms with Crippen LogP contribution in [0.1, 0.15) is 6.92 Å². The molecule has 1 rings (SSSR count). The van der Waals surface area contributed by atoms with Crippen molar-refractivity contribution in [2.45, 2.75) is 6.92 Å². The number of aromatic nitrogens is 2. The van der Waals surface area contributed by atoms with E-state index in [0.717, 1.165) is 4.53 Å². The Labute approximate surface area is 62.6 Å². The summed E-state index contributed by atoms with van der Waals surface area (Å²) in [6.07, 6.45) is 3.41. The lowest BCUT2D eigenvalue weighted by Crippen LogP contribution is -2.17. The standard InChI is InChI=1S/C6H7N3S/c1-3-7-4-6-5(2)8-9-10-6/h3-4H,2H2,1H3/b6-4+,7-3?. The summed E-state index contributed by atoms with van der Waals surface area (Å²) in [5, 5.41) is 4.41. The maximum atomic E-state index is 3.92. The Morgan fingerprint density at radius 3 is 3.00 bits per heavy atom. The largest absolute Gasteiger partial charge is 0.268 e. The molecule has 0 radical (unpaired) electrons. The zero-order chi connectivity index (χ0) is 7.40. The van der Waals surface area contributed by atoms with Crippen molar-refractivity contribution in [2.75, 3.05) is 0 Å². The molecule has 0 saturated carbocycles. The van der Waals surface area contributed by atoms with E-state index in [2.05, 4.69) is 21.2 Å². The molecule has 52 valence electrons. The monoisotopic (exact) mass is 153 g/mol. The van der Waals surface area contributed by atoms with Crippen LogP contribution in [0.3, 0.4) is 0 Å². The van der Waals surface area contributed by atoms with Crippen molar-refractivity contribution in [3.05, 3.63) is 9.88 Å². The molecule has 0 aliphatic carbocycles. The normalized spacial score (nSPS) is 13.1. The summed E-state index contributed by atoms with van der Waals surface area (Å²) in [5.74, 6) is 0. The fourth-order valence-electron chi connectivity index (χ4n) is 0.456. The van der Waals surface area contributed by atoms with E-state index < -0.39 is 0 Å². The fourth-order valence-corrected chi connectivity index (χ4v) is 0.938. The average Bonchev–Trinajstić information content (AvgIpc) is 2.31. The summed E-state index contributed by atoms with van der Waals surface area (Å²) < 4.78 is 4.61. The zero-order valence-electron chi connectivity index (χ0n) is 5.61. The van der Waals surface area contributed by atoms with Gasteiger partial charge in [0.05, 0.1) is 9.88 Å². The molecule has 1 heterocycles. The summed E-state index contributed by atoms with van der Waals surface area (Å²) in [4.78, 5) is 3.92. The molecular formula is C6H7N3S. The number of hydrogen-bond donors (Lipinski definition) is 0. The maximum Gasteiger partial charge on any atom is 0.0999 e. The molecule has 0 N–H and O–H groups in total. The van der Waals surface area contributed by atoms with Crippen molar-refractivity contribution in [3.63, 3.8) is 0 Å². The maximum absolute atomic E-state index is 3.92. The lowest BCUT2D eigenvalue weighted by molar-refractivity contribution is 1.11. The van der Waals surface area contributed by atoms with Gasteiger partial charge in [0.25, 0.3) is 0 Å². The topological polar surface area (TPSA) is 38.1 Å². The molecule has 0 spiro atoms. The van der Waals surface area contributed by atoms with Gasteiger partial charge >= 0.3 is 0 Å². The van der Waals surface area contributed by atoms with Gasteiger partial charge in [0.1, 0.15) is 0 Å². The highest BCUT2D eigenvalue weighted by atomic mass is 32.1. The summed E-state index contributed by atoms with van der Waals surface area (Å²) in [6, 6.07) is 0. The molecule has 0 amide bonds. The van der Waals surface area contributed by atoms with Crippen LogP contribution >= 0.6 is 11.5 Å². The lowest BCUT2D eigenvalue weighted by Gasteiger charge is -1.68. The van der Waals surface area contributed by atoms with Gasteiger partial charge in [-0.2, -0.15) is 0 Å². The molecule has 0 bridgehead atoms. The van der Waals surface area contributed by atoms with Crippen LogP contribution in [0.4, 0.5) is 0 Å². The van der Waals surface area contributed by atoms with Crippen LogP contribution < -0.4 is 9.88 Å². The molecular weight excluding hydrogens is 146 g/mol. The molecule has 4 heteroatoms. The predicted molar refractivity (Wildman–Crippen MR) is 43.3 cm³/mol. The van der Waals surface area contributed by atoms with Gasteiger partial charge in [0, 0.05) is 12.4 Å². The first-order valence-corrected chi connectivity index (χ1v) is 3.57. The van der Waals surface area contributed by atoms with Gasteiger partial charge in [0.15, 0.2) is 0 Å². The molecule has 0 aliphatic rings.